The lowest BCUT2D eigenvalue weighted by molar-refractivity contribution is -0.163. The van der Waals surface area contributed by atoms with E-state index in [0.29, 0.717) is 0 Å². The summed E-state index contributed by atoms with van der Waals surface area (Å²) in [6, 6.07) is 0. The van der Waals surface area contributed by atoms with Crippen molar-refractivity contribution in [2.45, 2.75) is 26.0 Å². The van der Waals surface area contributed by atoms with Crippen LogP contribution in [0.15, 0.2) is 0 Å². The third-order valence-electron chi connectivity index (χ3n) is 3.76. The smallest absolute Gasteiger partial charge is 0.325 e. The fraction of sp³-hybridized carbons (Fsp3) is 0.818. The molecule has 1 aliphatic rings. The Morgan fingerprint density at radius 3 is 1.78 bits per heavy atom. The number of esters is 2. The van der Waals surface area contributed by atoms with Gasteiger partial charge in [-0.25, -0.2) is 8.42 Å². The lowest BCUT2D eigenvalue weighted by Crippen LogP contribution is -2.35. The van der Waals surface area contributed by atoms with E-state index in [9.17, 15) is 18.0 Å². The van der Waals surface area contributed by atoms with Gasteiger partial charge in [0.05, 0.1) is 19.5 Å². The van der Waals surface area contributed by atoms with Crippen molar-refractivity contribution in [1.29, 1.82) is 0 Å². The average molecular weight is 278 g/mol. The van der Waals surface area contributed by atoms with Gasteiger partial charge >= 0.3 is 11.9 Å². The minimum Gasteiger partial charge on any atom is -0.468 e. The first kappa shape index (κ1) is 14.9. The van der Waals surface area contributed by atoms with Crippen LogP contribution in [0.3, 0.4) is 0 Å². The zero-order valence-corrected chi connectivity index (χ0v) is 12.0. The summed E-state index contributed by atoms with van der Waals surface area (Å²) < 4.78 is 33.2. The first-order valence-corrected chi connectivity index (χ1v) is 7.24. The van der Waals surface area contributed by atoms with E-state index in [4.69, 9.17) is 0 Å². The summed E-state index contributed by atoms with van der Waals surface area (Å²) in [5, 5.41) is -1.10. The first-order chi connectivity index (χ1) is 8.14. The Hall–Kier alpha value is -1.11. The van der Waals surface area contributed by atoms with Gasteiger partial charge in [0.1, 0.15) is 0 Å². The highest BCUT2D eigenvalue weighted by atomic mass is 32.2. The lowest BCUT2D eigenvalue weighted by atomic mass is 9.96. The normalized spacial score (nSPS) is 24.2. The predicted molar refractivity (Wildman–Crippen MR) is 63.5 cm³/mol. The second-order valence-electron chi connectivity index (χ2n) is 4.84. The Morgan fingerprint density at radius 1 is 1.11 bits per heavy atom. The number of rotatable bonds is 4. The summed E-state index contributed by atoms with van der Waals surface area (Å²) in [5.41, 5.74) is -2.77. The molecular formula is C11H18O6S. The van der Waals surface area contributed by atoms with Gasteiger partial charge in [0, 0.05) is 11.2 Å². The third kappa shape index (κ3) is 1.56. The maximum Gasteiger partial charge on any atom is 0.325 e. The van der Waals surface area contributed by atoms with E-state index in [1.165, 1.54) is 6.92 Å². The predicted octanol–water partition coefficient (Wildman–Crippen LogP) is 0.162. The van der Waals surface area contributed by atoms with Gasteiger partial charge < -0.3 is 9.47 Å². The third-order valence-corrected chi connectivity index (χ3v) is 6.22. The number of hydrogen-bond donors (Lipinski definition) is 0. The zero-order valence-electron chi connectivity index (χ0n) is 11.1. The van der Waals surface area contributed by atoms with Crippen molar-refractivity contribution in [3.05, 3.63) is 0 Å². The molecule has 1 rings (SSSR count). The maximum absolute atomic E-state index is 12.0. The molecule has 0 aromatic heterocycles. The Balaban J connectivity index is 3.41. The van der Waals surface area contributed by atoms with Crippen molar-refractivity contribution >= 4 is 21.8 Å². The summed E-state index contributed by atoms with van der Waals surface area (Å²) in [6.07, 6.45) is 0. The van der Waals surface area contributed by atoms with Crippen LogP contribution >= 0.6 is 0 Å². The highest BCUT2D eigenvalue weighted by Crippen LogP contribution is 2.68. The molecule has 6 nitrogen and oxygen atoms in total. The first-order valence-electron chi connectivity index (χ1n) is 5.53. The van der Waals surface area contributed by atoms with Crippen LogP contribution < -0.4 is 0 Å². The lowest BCUT2D eigenvalue weighted by Gasteiger charge is -2.14. The van der Waals surface area contributed by atoms with Crippen molar-refractivity contribution in [2.24, 2.45) is 10.8 Å². The van der Waals surface area contributed by atoms with Gasteiger partial charge in [-0.3, -0.25) is 9.59 Å². The molecule has 0 spiro atoms. The van der Waals surface area contributed by atoms with Crippen molar-refractivity contribution in [2.75, 3.05) is 20.0 Å². The van der Waals surface area contributed by atoms with Gasteiger partial charge in [-0.1, -0.05) is 20.8 Å². The topological polar surface area (TPSA) is 86.7 Å². The molecule has 1 atom stereocenters. The van der Waals surface area contributed by atoms with Gasteiger partial charge in [-0.2, -0.15) is 0 Å². The van der Waals surface area contributed by atoms with Crippen molar-refractivity contribution in [3.8, 4) is 0 Å². The molecule has 1 saturated carbocycles. The molecule has 1 unspecified atom stereocenters. The Labute approximate surface area is 107 Å². The Bertz CT molecular complexity index is 460. The van der Waals surface area contributed by atoms with Gasteiger partial charge in [-0.05, 0) is 0 Å². The molecule has 0 saturated heterocycles. The quantitative estimate of drug-likeness (QED) is 0.538. The standard InChI is InChI=1S/C11H18O6S/c1-6-18(14,15)7-10(2,3)11(7,8(12)16-4)9(13)17-5/h7H,6H2,1-5H3. The molecule has 0 heterocycles. The Morgan fingerprint density at radius 2 is 1.50 bits per heavy atom. The van der Waals surface area contributed by atoms with Crippen LogP contribution in [-0.4, -0.2) is 45.6 Å². The summed E-state index contributed by atoms with van der Waals surface area (Å²) >= 11 is 0. The number of carbonyl (C=O) groups is 2. The molecule has 0 bridgehead atoms. The van der Waals surface area contributed by atoms with E-state index in [1.807, 2.05) is 0 Å². The molecule has 0 aromatic rings. The minimum absolute atomic E-state index is 0.142. The number of methoxy groups -OCH3 is 2. The van der Waals surface area contributed by atoms with E-state index in [2.05, 4.69) is 9.47 Å². The SMILES string of the molecule is CCS(=O)(=O)C1C(C)(C)C1(C(=O)OC)C(=O)OC. The molecule has 0 N–H and O–H groups in total. The fourth-order valence-corrected chi connectivity index (χ4v) is 5.13. The number of carbonyl (C=O) groups excluding carboxylic acids is 2. The molecular weight excluding hydrogens is 260 g/mol. The summed E-state index contributed by atoms with van der Waals surface area (Å²) in [4.78, 5) is 23.8. The average Bonchev–Trinajstić information content (AvgIpc) is 2.86. The highest BCUT2D eigenvalue weighted by molar-refractivity contribution is 7.92. The molecule has 0 aromatic carbocycles. The summed E-state index contributed by atoms with van der Waals surface area (Å²) in [7, 11) is -1.31. The van der Waals surface area contributed by atoms with E-state index >= 15 is 0 Å². The van der Waals surface area contributed by atoms with Crippen LogP contribution in [0.4, 0.5) is 0 Å². The zero-order chi connectivity index (χ0) is 14.4. The molecule has 18 heavy (non-hydrogen) atoms. The molecule has 0 amide bonds. The van der Waals surface area contributed by atoms with E-state index < -0.39 is 37.9 Å². The summed E-state index contributed by atoms with van der Waals surface area (Å²) in [6.45, 7) is 4.58. The number of hydrogen-bond acceptors (Lipinski definition) is 6. The van der Waals surface area contributed by atoms with Gasteiger partial charge in [0.15, 0.2) is 15.3 Å². The van der Waals surface area contributed by atoms with Gasteiger partial charge in [-0.15, -0.1) is 0 Å². The van der Waals surface area contributed by atoms with Crippen LogP contribution in [0.5, 0.6) is 0 Å². The minimum atomic E-state index is -3.55. The molecule has 0 radical (unpaired) electrons. The van der Waals surface area contributed by atoms with Gasteiger partial charge in [0.2, 0.25) is 0 Å². The molecule has 1 fully saturated rings. The van der Waals surface area contributed by atoms with Crippen molar-refractivity contribution < 1.29 is 27.5 Å². The van der Waals surface area contributed by atoms with E-state index in [-0.39, 0.29) is 5.75 Å². The largest absolute Gasteiger partial charge is 0.468 e. The van der Waals surface area contributed by atoms with Crippen molar-refractivity contribution in [3.63, 3.8) is 0 Å². The highest BCUT2D eigenvalue weighted by Gasteiger charge is 2.85. The van der Waals surface area contributed by atoms with Crippen LogP contribution in [-0.2, 0) is 28.9 Å². The number of ether oxygens (including phenoxy) is 2. The van der Waals surface area contributed by atoms with Gasteiger partial charge in [0.25, 0.3) is 0 Å². The molecule has 1 aliphatic carbocycles. The van der Waals surface area contributed by atoms with Crippen molar-refractivity contribution in [1.82, 2.24) is 0 Å². The maximum atomic E-state index is 12.0. The van der Waals surface area contributed by atoms with Crippen LogP contribution in [0.25, 0.3) is 0 Å². The number of sulfone groups is 1. The van der Waals surface area contributed by atoms with Crippen LogP contribution in [0.2, 0.25) is 0 Å². The monoisotopic (exact) mass is 278 g/mol. The van der Waals surface area contributed by atoms with E-state index in [1.54, 1.807) is 13.8 Å². The summed E-state index contributed by atoms with van der Waals surface area (Å²) in [5.74, 6) is -1.86. The molecule has 104 valence electrons. The van der Waals surface area contributed by atoms with E-state index in [0.717, 1.165) is 14.2 Å². The fourth-order valence-electron chi connectivity index (χ4n) is 2.75. The Kier molecular flexibility index (Phi) is 3.51. The molecule has 0 aliphatic heterocycles. The van der Waals surface area contributed by atoms with Crippen LogP contribution in [0, 0.1) is 10.8 Å². The second kappa shape index (κ2) is 4.22. The van der Waals surface area contributed by atoms with Crippen LogP contribution in [0.1, 0.15) is 20.8 Å². The second-order valence-corrected chi connectivity index (χ2v) is 7.22. The molecule has 7 heteroatoms.